The molecule has 0 aliphatic rings. The molecular formula is C19H14ClN3O2. The van der Waals surface area contributed by atoms with Crippen LogP contribution in [0.2, 0.25) is 5.02 Å². The van der Waals surface area contributed by atoms with Crippen molar-refractivity contribution in [2.45, 2.75) is 0 Å². The molecule has 3 rings (SSSR count). The van der Waals surface area contributed by atoms with Crippen LogP contribution >= 0.6 is 11.6 Å². The van der Waals surface area contributed by atoms with Crippen LogP contribution in [0.1, 0.15) is 20.8 Å². The maximum absolute atomic E-state index is 12.4. The molecule has 0 bridgehead atoms. The van der Waals surface area contributed by atoms with Crippen molar-refractivity contribution in [1.29, 1.82) is 0 Å². The van der Waals surface area contributed by atoms with Crippen LogP contribution in [0.3, 0.4) is 0 Å². The first kappa shape index (κ1) is 16.7. The summed E-state index contributed by atoms with van der Waals surface area (Å²) >= 11 is 6.04. The van der Waals surface area contributed by atoms with Crippen LogP contribution in [0, 0.1) is 0 Å². The van der Waals surface area contributed by atoms with E-state index in [4.69, 9.17) is 11.6 Å². The molecule has 6 heteroatoms. The average molecular weight is 352 g/mol. The van der Waals surface area contributed by atoms with Gasteiger partial charge in [-0.3, -0.25) is 14.6 Å². The predicted octanol–water partition coefficient (Wildman–Crippen LogP) is 4.24. The van der Waals surface area contributed by atoms with Crippen LogP contribution in [0.5, 0.6) is 0 Å². The molecule has 1 aromatic heterocycles. The molecule has 0 unspecified atom stereocenters. The van der Waals surface area contributed by atoms with Gasteiger partial charge in [-0.05, 0) is 36.4 Å². The van der Waals surface area contributed by atoms with Crippen LogP contribution in [0.25, 0.3) is 0 Å². The van der Waals surface area contributed by atoms with Gasteiger partial charge >= 0.3 is 0 Å². The molecule has 2 N–H and O–H groups in total. The highest BCUT2D eigenvalue weighted by atomic mass is 35.5. The summed E-state index contributed by atoms with van der Waals surface area (Å²) in [6.07, 6.45) is 1.42. The standard InChI is InChI=1S/C19H14ClN3O2/c20-15-8-4-5-9-16(15)23-18(24)13-10-11-21-17(12-13)19(25)22-14-6-2-1-3-7-14/h1-12H,(H,22,25)(H,23,24). The van der Waals surface area contributed by atoms with E-state index in [0.717, 1.165) is 0 Å². The van der Waals surface area contributed by atoms with E-state index in [9.17, 15) is 9.59 Å². The third-order valence-electron chi connectivity index (χ3n) is 3.41. The molecule has 2 aromatic carbocycles. The lowest BCUT2D eigenvalue weighted by molar-refractivity contribution is 0.102. The maximum Gasteiger partial charge on any atom is 0.274 e. The van der Waals surface area contributed by atoms with E-state index in [1.165, 1.54) is 18.3 Å². The number of nitrogens with one attached hydrogen (secondary N) is 2. The van der Waals surface area contributed by atoms with E-state index < -0.39 is 5.91 Å². The molecule has 0 spiro atoms. The highest BCUT2D eigenvalue weighted by molar-refractivity contribution is 6.33. The van der Waals surface area contributed by atoms with Crippen LogP contribution in [-0.2, 0) is 0 Å². The van der Waals surface area contributed by atoms with Gasteiger partial charge in [0.25, 0.3) is 11.8 Å². The molecule has 0 saturated carbocycles. The largest absolute Gasteiger partial charge is 0.321 e. The summed E-state index contributed by atoms with van der Waals surface area (Å²) in [5, 5.41) is 5.88. The molecular weight excluding hydrogens is 338 g/mol. The molecule has 25 heavy (non-hydrogen) atoms. The van der Waals surface area contributed by atoms with Crippen LogP contribution in [0.15, 0.2) is 72.9 Å². The molecule has 1 heterocycles. The van der Waals surface area contributed by atoms with Gasteiger partial charge < -0.3 is 10.6 Å². The fraction of sp³-hybridized carbons (Fsp3) is 0. The van der Waals surface area contributed by atoms with Crippen LogP contribution in [0.4, 0.5) is 11.4 Å². The Morgan fingerprint density at radius 1 is 0.840 bits per heavy atom. The third kappa shape index (κ3) is 4.22. The molecule has 0 radical (unpaired) electrons. The maximum atomic E-state index is 12.4. The Morgan fingerprint density at radius 2 is 1.56 bits per heavy atom. The first-order valence-corrected chi connectivity index (χ1v) is 7.89. The monoisotopic (exact) mass is 351 g/mol. The summed E-state index contributed by atoms with van der Waals surface area (Å²) in [5.41, 5.74) is 1.62. The summed E-state index contributed by atoms with van der Waals surface area (Å²) in [6, 6.07) is 18.9. The second kappa shape index (κ2) is 7.59. The van der Waals surface area contributed by atoms with E-state index in [1.54, 1.807) is 36.4 Å². The Balaban J connectivity index is 1.76. The molecule has 2 amide bonds. The molecule has 3 aromatic rings. The lowest BCUT2D eigenvalue weighted by atomic mass is 10.2. The second-order valence-electron chi connectivity index (χ2n) is 5.18. The number of hydrogen-bond acceptors (Lipinski definition) is 3. The number of para-hydroxylation sites is 2. The van der Waals surface area contributed by atoms with Gasteiger partial charge in [-0.15, -0.1) is 0 Å². The average Bonchev–Trinajstić information content (AvgIpc) is 2.64. The normalized spacial score (nSPS) is 10.1. The molecule has 124 valence electrons. The van der Waals surface area contributed by atoms with Gasteiger partial charge in [-0.2, -0.15) is 0 Å². The Hall–Kier alpha value is -3.18. The third-order valence-corrected chi connectivity index (χ3v) is 3.74. The highest BCUT2D eigenvalue weighted by Gasteiger charge is 2.13. The number of halogens is 1. The SMILES string of the molecule is O=C(Nc1ccccc1Cl)c1ccnc(C(=O)Nc2ccccc2)c1. The Bertz CT molecular complexity index is 913. The lowest BCUT2D eigenvalue weighted by Gasteiger charge is -2.08. The summed E-state index contributed by atoms with van der Waals surface area (Å²) in [4.78, 5) is 28.7. The van der Waals surface area contributed by atoms with Gasteiger partial charge in [0.2, 0.25) is 0 Å². The van der Waals surface area contributed by atoms with E-state index in [0.29, 0.717) is 22.0 Å². The number of anilines is 2. The molecule has 5 nitrogen and oxygen atoms in total. The number of nitrogens with zero attached hydrogens (tertiary/aromatic N) is 1. The molecule has 0 atom stereocenters. The number of amides is 2. The van der Waals surface area contributed by atoms with Crippen molar-refractivity contribution >= 4 is 34.8 Å². The zero-order chi connectivity index (χ0) is 17.6. The predicted molar refractivity (Wildman–Crippen MR) is 98.0 cm³/mol. The van der Waals surface area contributed by atoms with E-state index in [-0.39, 0.29) is 11.6 Å². The molecule has 0 aliphatic heterocycles. The van der Waals surface area contributed by atoms with Crippen molar-refractivity contribution in [3.05, 3.63) is 89.2 Å². The number of carbonyl (C=O) groups is 2. The van der Waals surface area contributed by atoms with Gasteiger partial charge in [0.1, 0.15) is 5.69 Å². The summed E-state index contributed by atoms with van der Waals surface area (Å²) in [5.74, 6) is -0.761. The topological polar surface area (TPSA) is 71.1 Å². The first-order chi connectivity index (χ1) is 12.1. The minimum Gasteiger partial charge on any atom is -0.321 e. The fourth-order valence-corrected chi connectivity index (χ4v) is 2.35. The van der Waals surface area contributed by atoms with Crippen molar-refractivity contribution in [2.75, 3.05) is 10.6 Å². The Labute approximate surface area is 149 Å². The summed E-state index contributed by atoms with van der Waals surface area (Å²) in [6.45, 7) is 0. The molecule has 0 aliphatic carbocycles. The fourth-order valence-electron chi connectivity index (χ4n) is 2.17. The van der Waals surface area contributed by atoms with Crippen molar-refractivity contribution in [3.63, 3.8) is 0 Å². The van der Waals surface area contributed by atoms with Gasteiger partial charge in [0, 0.05) is 17.4 Å². The van der Waals surface area contributed by atoms with Gasteiger partial charge in [0.15, 0.2) is 0 Å². The van der Waals surface area contributed by atoms with Crippen molar-refractivity contribution in [1.82, 2.24) is 4.98 Å². The zero-order valence-electron chi connectivity index (χ0n) is 13.1. The number of aromatic nitrogens is 1. The Kier molecular flexibility index (Phi) is 5.06. The van der Waals surface area contributed by atoms with Gasteiger partial charge in [-0.25, -0.2) is 0 Å². The number of hydrogen-bond donors (Lipinski definition) is 2. The molecule has 0 saturated heterocycles. The number of carbonyl (C=O) groups excluding carboxylic acids is 2. The summed E-state index contributed by atoms with van der Waals surface area (Å²) in [7, 11) is 0. The van der Waals surface area contributed by atoms with E-state index >= 15 is 0 Å². The number of rotatable bonds is 4. The van der Waals surface area contributed by atoms with Gasteiger partial charge in [-0.1, -0.05) is 41.9 Å². The lowest BCUT2D eigenvalue weighted by Crippen LogP contribution is -2.17. The number of pyridine rings is 1. The first-order valence-electron chi connectivity index (χ1n) is 7.52. The minimum absolute atomic E-state index is 0.149. The van der Waals surface area contributed by atoms with Crippen LogP contribution in [-0.4, -0.2) is 16.8 Å². The quantitative estimate of drug-likeness (QED) is 0.738. The smallest absolute Gasteiger partial charge is 0.274 e. The highest BCUT2D eigenvalue weighted by Crippen LogP contribution is 2.21. The van der Waals surface area contributed by atoms with Crippen molar-refractivity contribution in [3.8, 4) is 0 Å². The van der Waals surface area contributed by atoms with Crippen LogP contribution < -0.4 is 10.6 Å². The van der Waals surface area contributed by atoms with E-state index in [2.05, 4.69) is 15.6 Å². The molecule has 0 fully saturated rings. The Morgan fingerprint density at radius 3 is 2.32 bits per heavy atom. The van der Waals surface area contributed by atoms with E-state index in [1.807, 2.05) is 18.2 Å². The van der Waals surface area contributed by atoms with Crippen molar-refractivity contribution < 1.29 is 9.59 Å². The van der Waals surface area contributed by atoms with Crippen molar-refractivity contribution in [2.24, 2.45) is 0 Å². The van der Waals surface area contributed by atoms with Gasteiger partial charge in [0.05, 0.1) is 10.7 Å². The summed E-state index contributed by atoms with van der Waals surface area (Å²) < 4.78 is 0. The number of benzene rings is 2. The second-order valence-corrected chi connectivity index (χ2v) is 5.59. The zero-order valence-corrected chi connectivity index (χ0v) is 13.8. The minimum atomic E-state index is -0.390.